The van der Waals surface area contributed by atoms with E-state index in [1.54, 1.807) is 0 Å². The molecule has 56 valence electrons. The van der Waals surface area contributed by atoms with E-state index in [0.717, 1.165) is 5.92 Å². The highest BCUT2D eigenvalue weighted by Gasteiger charge is 2.18. The maximum absolute atomic E-state index is 2.34. The molecule has 0 heteroatoms. The van der Waals surface area contributed by atoms with Gasteiger partial charge in [-0.25, -0.2) is 0 Å². The predicted octanol–water partition coefficient (Wildman–Crippen LogP) is 3.47. The lowest BCUT2D eigenvalue weighted by Gasteiger charge is -2.26. The normalized spacial score (nSPS) is 15.7. The van der Waals surface area contributed by atoms with Gasteiger partial charge in [-0.15, -0.1) is 0 Å². The van der Waals surface area contributed by atoms with Crippen molar-refractivity contribution >= 4 is 0 Å². The summed E-state index contributed by atoms with van der Waals surface area (Å²) in [4.78, 5) is 0. The summed E-state index contributed by atoms with van der Waals surface area (Å²) in [5, 5.41) is 0. The Kier molecular flexibility index (Phi) is 3.24. The summed E-state index contributed by atoms with van der Waals surface area (Å²) >= 11 is 0. The Morgan fingerprint density at radius 1 is 1.22 bits per heavy atom. The Hall–Kier alpha value is 0. The Bertz CT molecular complexity index is 66.6. The molecular formula is C9H20. The second-order valence-electron chi connectivity index (χ2n) is 4.06. The van der Waals surface area contributed by atoms with Gasteiger partial charge >= 0.3 is 0 Å². The first-order chi connectivity index (χ1) is 3.98. The van der Waals surface area contributed by atoms with Crippen LogP contribution < -0.4 is 0 Å². The standard InChI is InChI=1S/C9H20/c1-6-7-8(2)9(3,4)5/h8H,6-7H2,1-5H3/t8-/m0/s1. The second kappa shape index (κ2) is 3.24. The lowest BCUT2D eigenvalue weighted by molar-refractivity contribution is 0.245. The minimum atomic E-state index is 0.510. The van der Waals surface area contributed by atoms with Gasteiger partial charge in [0.2, 0.25) is 0 Å². The van der Waals surface area contributed by atoms with Crippen LogP contribution in [0.4, 0.5) is 0 Å². The van der Waals surface area contributed by atoms with Gasteiger partial charge in [0, 0.05) is 0 Å². The van der Waals surface area contributed by atoms with Gasteiger partial charge in [0.25, 0.3) is 0 Å². The molecule has 0 fully saturated rings. The van der Waals surface area contributed by atoms with Crippen LogP contribution in [0.25, 0.3) is 0 Å². The lowest BCUT2D eigenvalue weighted by Crippen LogP contribution is -2.16. The van der Waals surface area contributed by atoms with Crippen LogP contribution in [0.3, 0.4) is 0 Å². The van der Waals surface area contributed by atoms with Crippen LogP contribution in [-0.2, 0) is 0 Å². The summed E-state index contributed by atoms with van der Waals surface area (Å²) in [6.07, 6.45) is 2.68. The summed E-state index contributed by atoms with van der Waals surface area (Å²) in [5.41, 5.74) is 0.510. The van der Waals surface area contributed by atoms with E-state index in [2.05, 4.69) is 34.6 Å². The Labute approximate surface area is 59.7 Å². The first-order valence-corrected chi connectivity index (χ1v) is 3.98. The molecule has 0 unspecified atom stereocenters. The van der Waals surface area contributed by atoms with Gasteiger partial charge in [-0.2, -0.15) is 0 Å². The van der Waals surface area contributed by atoms with Crippen molar-refractivity contribution in [2.45, 2.75) is 47.5 Å². The zero-order chi connectivity index (χ0) is 7.49. The Morgan fingerprint density at radius 3 is 1.78 bits per heavy atom. The van der Waals surface area contributed by atoms with Gasteiger partial charge in [0.1, 0.15) is 0 Å². The second-order valence-corrected chi connectivity index (χ2v) is 4.06. The molecule has 0 spiro atoms. The Balaban J connectivity index is 3.59. The van der Waals surface area contributed by atoms with Crippen molar-refractivity contribution in [3.8, 4) is 0 Å². The topological polar surface area (TPSA) is 0 Å². The fraction of sp³-hybridized carbons (Fsp3) is 1.00. The van der Waals surface area contributed by atoms with E-state index in [9.17, 15) is 0 Å². The zero-order valence-corrected chi connectivity index (χ0v) is 7.49. The van der Waals surface area contributed by atoms with Crippen LogP contribution in [0.15, 0.2) is 0 Å². The lowest BCUT2D eigenvalue weighted by atomic mass is 9.80. The maximum Gasteiger partial charge on any atom is -0.0357 e. The predicted molar refractivity (Wildman–Crippen MR) is 43.5 cm³/mol. The zero-order valence-electron chi connectivity index (χ0n) is 7.49. The van der Waals surface area contributed by atoms with Crippen LogP contribution in [-0.4, -0.2) is 0 Å². The number of hydrogen-bond acceptors (Lipinski definition) is 0. The molecule has 0 heterocycles. The maximum atomic E-state index is 2.34. The van der Waals surface area contributed by atoms with Gasteiger partial charge in [-0.05, 0) is 11.3 Å². The van der Waals surface area contributed by atoms with Gasteiger partial charge in [-0.3, -0.25) is 0 Å². The average molecular weight is 128 g/mol. The molecule has 0 aromatic carbocycles. The molecule has 0 nitrogen and oxygen atoms in total. The highest BCUT2D eigenvalue weighted by atomic mass is 14.2. The van der Waals surface area contributed by atoms with E-state index >= 15 is 0 Å². The third kappa shape index (κ3) is 3.56. The van der Waals surface area contributed by atoms with Gasteiger partial charge in [0.05, 0.1) is 0 Å². The van der Waals surface area contributed by atoms with Crippen molar-refractivity contribution in [2.75, 3.05) is 0 Å². The molecule has 0 aliphatic heterocycles. The highest BCUT2D eigenvalue weighted by molar-refractivity contribution is 4.68. The molecule has 0 aliphatic rings. The van der Waals surface area contributed by atoms with Crippen molar-refractivity contribution in [1.29, 1.82) is 0 Å². The van der Waals surface area contributed by atoms with Crippen molar-refractivity contribution in [3.05, 3.63) is 0 Å². The monoisotopic (exact) mass is 128 g/mol. The fourth-order valence-electron chi connectivity index (χ4n) is 0.866. The summed E-state index contributed by atoms with van der Waals surface area (Å²) < 4.78 is 0. The number of hydrogen-bond donors (Lipinski definition) is 0. The molecule has 0 aliphatic carbocycles. The molecule has 0 saturated carbocycles. The summed E-state index contributed by atoms with van der Waals surface area (Å²) in [5.74, 6) is 0.863. The van der Waals surface area contributed by atoms with E-state index in [0.29, 0.717) is 5.41 Å². The molecule has 0 N–H and O–H groups in total. The first-order valence-electron chi connectivity index (χ1n) is 3.98. The van der Waals surface area contributed by atoms with Gasteiger partial charge in [0.15, 0.2) is 0 Å². The highest BCUT2D eigenvalue weighted by Crippen LogP contribution is 2.28. The molecule has 0 amide bonds. The van der Waals surface area contributed by atoms with Crippen LogP contribution in [0, 0.1) is 11.3 Å². The van der Waals surface area contributed by atoms with Crippen molar-refractivity contribution in [1.82, 2.24) is 0 Å². The van der Waals surface area contributed by atoms with Gasteiger partial charge < -0.3 is 0 Å². The molecule has 1 atom stereocenters. The minimum absolute atomic E-state index is 0.510. The van der Waals surface area contributed by atoms with E-state index in [1.165, 1.54) is 12.8 Å². The molecule has 9 heavy (non-hydrogen) atoms. The third-order valence-electron chi connectivity index (χ3n) is 2.20. The summed E-state index contributed by atoms with van der Waals surface area (Å²) in [7, 11) is 0. The quantitative estimate of drug-likeness (QED) is 0.534. The SMILES string of the molecule is CCC[C@H](C)C(C)(C)C. The van der Waals surface area contributed by atoms with E-state index in [-0.39, 0.29) is 0 Å². The molecule has 0 radical (unpaired) electrons. The van der Waals surface area contributed by atoms with E-state index < -0.39 is 0 Å². The molecule has 0 aromatic rings. The smallest absolute Gasteiger partial charge is 0.0357 e. The van der Waals surface area contributed by atoms with Gasteiger partial charge in [-0.1, -0.05) is 47.5 Å². The molecule has 0 rings (SSSR count). The summed E-state index contributed by atoms with van der Waals surface area (Å²) in [6, 6.07) is 0. The van der Waals surface area contributed by atoms with Crippen LogP contribution in [0.2, 0.25) is 0 Å². The van der Waals surface area contributed by atoms with Crippen LogP contribution in [0.5, 0.6) is 0 Å². The van der Waals surface area contributed by atoms with Crippen molar-refractivity contribution in [3.63, 3.8) is 0 Å². The molecular weight excluding hydrogens is 108 g/mol. The average Bonchev–Trinajstić information content (AvgIpc) is 1.64. The van der Waals surface area contributed by atoms with E-state index in [4.69, 9.17) is 0 Å². The van der Waals surface area contributed by atoms with Crippen LogP contribution >= 0.6 is 0 Å². The van der Waals surface area contributed by atoms with Crippen molar-refractivity contribution < 1.29 is 0 Å². The molecule has 0 bridgehead atoms. The van der Waals surface area contributed by atoms with E-state index in [1.807, 2.05) is 0 Å². The minimum Gasteiger partial charge on any atom is -0.0654 e. The Morgan fingerprint density at radius 2 is 1.67 bits per heavy atom. The van der Waals surface area contributed by atoms with Crippen molar-refractivity contribution in [2.24, 2.45) is 11.3 Å². The fourth-order valence-corrected chi connectivity index (χ4v) is 0.866. The molecule has 0 aromatic heterocycles. The largest absolute Gasteiger partial charge is 0.0654 e. The first kappa shape index (κ1) is 9.00. The number of rotatable bonds is 2. The summed E-state index contributed by atoms with van der Waals surface area (Å²) in [6.45, 7) is 11.5. The third-order valence-corrected chi connectivity index (χ3v) is 2.20. The molecule has 0 saturated heterocycles. The van der Waals surface area contributed by atoms with Crippen LogP contribution in [0.1, 0.15) is 47.5 Å².